The van der Waals surface area contributed by atoms with Crippen LogP contribution in [0, 0.1) is 0 Å². The molecule has 0 saturated heterocycles. The lowest BCUT2D eigenvalue weighted by molar-refractivity contribution is 1.17. The van der Waals surface area contributed by atoms with Crippen LogP contribution in [0.5, 0.6) is 0 Å². The van der Waals surface area contributed by atoms with Gasteiger partial charge >= 0.3 is 0 Å². The van der Waals surface area contributed by atoms with Crippen molar-refractivity contribution in [1.29, 1.82) is 0 Å². The van der Waals surface area contributed by atoms with Gasteiger partial charge in [0.05, 0.1) is 5.69 Å². The van der Waals surface area contributed by atoms with E-state index in [-0.39, 0.29) is 0 Å². The van der Waals surface area contributed by atoms with Gasteiger partial charge in [0.25, 0.3) is 0 Å². The van der Waals surface area contributed by atoms with E-state index in [1.165, 1.54) is 11.1 Å². The number of azo groups is 1. The van der Waals surface area contributed by atoms with Crippen molar-refractivity contribution in [1.82, 2.24) is 0 Å². The predicted octanol–water partition coefficient (Wildman–Crippen LogP) is 4.07. The van der Waals surface area contributed by atoms with E-state index in [0.717, 1.165) is 5.69 Å². The summed E-state index contributed by atoms with van der Waals surface area (Å²) in [5.41, 5.74) is 3.31. The van der Waals surface area contributed by atoms with Crippen LogP contribution in [0.2, 0.25) is 0 Å². The summed E-state index contributed by atoms with van der Waals surface area (Å²) in [4.78, 5) is 0. The molecule has 2 aromatic rings. The molecule has 0 aliphatic rings. The Morgan fingerprint density at radius 2 is 1.33 bits per heavy atom. The Hall–Kier alpha value is -1.96. The van der Waals surface area contributed by atoms with Crippen LogP contribution in [0.25, 0.3) is 11.1 Å². The van der Waals surface area contributed by atoms with Crippen LogP contribution in [0.15, 0.2) is 64.8 Å². The summed E-state index contributed by atoms with van der Waals surface area (Å²) in [7, 11) is 1.67. The number of rotatable bonds is 2. The van der Waals surface area contributed by atoms with Gasteiger partial charge in [-0.15, -0.1) is 0 Å². The second kappa shape index (κ2) is 4.51. The zero-order chi connectivity index (χ0) is 10.5. The first-order valence-electron chi connectivity index (χ1n) is 4.85. The van der Waals surface area contributed by atoms with E-state index in [9.17, 15) is 0 Å². The maximum Gasteiger partial charge on any atom is 0.0852 e. The van der Waals surface area contributed by atoms with Crippen molar-refractivity contribution in [3.63, 3.8) is 0 Å². The smallest absolute Gasteiger partial charge is 0.0852 e. The molecule has 0 fully saturated rings. The topological polar surface area (TPSA) is 24.7 Å². The van der Waals surface area contributed by atoms with Crippen molar-refractivity contribution in [3.05, 3.63) is 54.6 Å². The van der Waals surface area contributed by atoms with Crippen LogP contribution in [0.1, 0.15) is 0 Å². The Balaban J connectivity index is 2.32. The van der Waals surface area contributed by atoms with Crippen LogP contribution in [0.3, 0.4) is 0 Å². The van der Waals surface area contributed by atoms with E-state index in [1.54, 1.807) is 7.05 Å². The molecule has 0 spiro atoms. The largest absolute Gasteiger partial charge is 0.192 e. The second-order valence-electron chi connectivity index (χ2n) is 3.21. The van der Waals surface area contributed by atoms with Gasteiger partial charge in [0.2, 0.25) is 0 Å². The van der Waals surface area contributed by atoms with Gasteiger partial charge in [0.1, 0.15) is 0 Å². The average molecular weight is 196 g/mol. The molecule has 0 aliphatic carbocycles. The molecule has 0 aliphatic heterocycles. The number of hydrogen-bond donors (Lipinski definition) is 0. The van der Waals surface area contributed by atoms with Gasteiger partial charge in [-0.05, 0) is 23.3 Å². The third kappa shape index (κ3) is 2.29. The lowest BCUT2D eigenvalue weighted by Crippen LogP contribution is -1.75. The molecular formula is C13H12N2. The van der Waals surface area contributed by atoms with Crippen molar-refractivity contribution < 1.29 is 0 Å². The molecule has 2 heteroatoms. The molecule has 0 saturated carbocycles. The molecule has 2 aromatic carbocycles. The van der Waals surface area contributed by atoms with E-state index in [2.05, 4.69) is 34.5 Å². The second-order valence-corrected chi connectivity index (χ2v) is 3.21. The highest BCUT2D eigenvalue weighted by molar-refractivity contribution is 5.65. The summed E-state index contributed by atoms with van der Waals surface area (Å²) >= 11 is 0. The Kier molecular flexibility index (Phi) is 2.88. The third-order valence-electron chi connectivity index (χ3n) is 2.19. The zero-order valence-electron chi connectivity index (χ0n) is 8.59. The minimum absolute atomic E-state index is 0.886. The Morgan fingerprint density at radius 1 is 0.733 bits per heavy atom. The van der Waals surface area contributed by atoms with Crippen molar-refractivity contribution in [2.75, 3.05) is 7.05 Å². The van der Waals surface area contributed by atoms with Crippen molar-refractivity contribution in [2.24, 2.45) is 10.2 Å². The molecule has 0 amide bonds. The van der Waals surface area contributed by atoms with E-state index in [4.69, 9.17) is 0 Å². The predicted molar refractivity (Wildman–Crippen MR) is 62.3 cm³/mol. The van der Waals surface area contributed by atoms with Crippen LogP contribution >= 0.6 is 0 Å². The van der Waals surface area contributed by atoms with E-state index in [0.29, 0.717) is 0 Å². The van der Waals surface area contributed by atoms with Gasteiger partial charge in [-0.25, -0.2) is 0 Å². The fourth-order valence-electron chi connectivity index (χ4n) is 1.47. The number of nitrogens with zero attached hydrogens (tertiary/aromatic N) is 2. The summed E-state index contributed by atoms with van der Waals surface area (Å²) < 4.78 is 0. The third-order valence-corrected chi connectivity index (χ3v) is 2.19. The molecule has 15 heavy (non-hydrogen) atoms. The quantitative estimate of drug-likeness (QED) is 0.647. The number of benzene rings is 2. The Bertz CT molecular complexity index is 444. The van der Waals surface area contributed by atoms with Gasteiger partial charge in [0.15, 0.2) is 0 Å². The summed E-state index contributed by atoms with van der Waals surface area (Å²) in [6, 6.07) is 18.3. The molecule has 0 atom stereocenters. The van der Waals surface area contributed by atoms with Crippen molar-refractivity contribution in [2.45, 2.75) is 0 Å². The van der Waals surface area contributed by atoms with Gasteiger partial charge in [-0.2, -0.15) is 10.2 Å². The Labute approximate surface area is 89.3 Å². The fraction of sp³-hybridized carbons (Fsp3) is 0.0769. The molecule has 0 radical (unpaired) electrons. The van der Waals surface area contributed by atoms with E-state index in [1.807, 2.05) is 30.3 Å². The average Bonchev–Trinajstić information content (AvgIpc) is 2.32. The van der Waals surface area contributed by atoms with Crippen LogP contribution < -0.4 is 0 Å². The number of hydrogen-bond acceptors (Lipinski definition) is 2. The van der Waals surface area contributed by atoms with E-state index < -0.39 is 0 Å². The molecular weight excluding hydrogens is 184 g/mol. The Morgan fingerprint density at radius 3 is 1.93 bits per heavy atom. The van der Waals surface area contributed by atoms with Crippen LogP contribution in [-0.2, 0) is 0 Å². The minimum Gasteiger partial charge on any atom is -0.192 e. The van der Waals surface area contributed by atoms with Crippen LogP contribution in [0.4, 0.5) is 5.69 Å². The minimum atomic E-state index is 0.886. The molecule has 0 bridgehead atoms. The standard InChI is InChI=1S/C13H12N2/c1-14-15-13-9-7-12(8-10-13)11-5-3-2-4-6-11/h2-10H,1H3. The van der Waals surface area contributed by atoms with Crippen molar-refractivity contribution in [3.8, 4) is 11.1 Å². The molecule has 0 aromatic heterocycles. The highest BCUT2D eigenvalue weighted by Gasteiger charge is 1.95. The summed E-state index contributed by atoms with van der Waals surface area (Å²) in [6.45, 7) is 0. The molecule has 2 rings (SSSR count). The first-order chi connectivity index (χ1) is 7.40. The zero-order valence-corrected chi connectivity index (χ0v) is 8.59. The summed E-state index contributed by atoms with van der Waals surface area (Å²) in [6.07, 6.45) is 0. The molecule has 0 unspecified atom stereocenters. The van der Waals surface area contributed by atoms with Crippen LogP contribution in [-0.4, -0.2) is 7.05 Å². The van der Waals surface area contributed by atoms with Gasteiger partial charge in [-0.1, -0.05) is 42.5 Å². The monoisotopic (exact) mass is 196 g/mol. The lowest BCUT2D eigenvalue weighted by Gasteiger charge is -2.00. The molecule has 0 heterocycles. The van der Waals surface area contributed by atoms with Gasteiger partial charge in [0, 0.05) is 7.05 Å². The molecule has 2 nitrogen and oxygen atoms in total. The SMILES string of the molecule is CN=Nc1ccc(-c2ccccc2)cc1. The highest BCUT2D eigenvalue weighted by Crippen LogP contribution is 2.22. The highest BCUT2D eigenvalue weighted by atomic mass is 15.1. The summed E-state index contributed by atoms with van der Waals surface area (Å²) in [5.74, 6) is 0. The van der Waals surface area contributed by atoms with Gasteiger partial charge in [-0.3, -0.25) is 0 Å². The van der Waals surface area contributed by atoms with Gasteiger partial charge < -0.3 is 0 Å². The summed E-state index contributed by atoms with van der Waals surface area (Å²) in [5, 5.41) is 7.70. The maximum absolute atomic E-state index is 3.97. The normalized spacial score (nSPS) is 10.7. The van der Waals surface area contributed by atoms with Crippen molar-refractivity contribution >= 4 is 5.69 Å². The first-order valence-corrected chi connectivity index (χ1v) is 4.85. The molecule has 74 valence electrons. The molecule has 0 N–H and O–H groups in total. The lowest BCUT2D eigenvalue weighted by atomic mass is 10.1. The fourth-order valence-corrected chi connectivity index (χ4v) is 1.47. The maximum atomic E-state index is 3.97. The van der Waals surface area contributed by atoms with E-state index >= 15 is 0 Å². The first kappa shape index (κ1) is 9.59.